The van der Waals surface area contributed by atoms with E-state index >= 15 is 0 Å². The van der Waals surface area contributed by atoms with Crippen molar-refractivity contribution in [2.24, 2.45) is 0 Å². The van der Waals surface area contributed by atoms with Crippen LogP contribution in [0.25, 0.3) is 0 Å². The van der Waals surface area contributed by atoms with Crippen molar-refractivity contribution in [3.8, 4) is 17.2 Å². The molecule has 0 aromatic heterocycles. The Hall–Kier alpha value is -3.75. The number of nitrogens with one attached hydrogen (secondary N) is 1. The van der Waals surface area contributed by atoms with E-state index in [0.717, 1.165) is 12.8 Å². The molecule has 1 heterocycles. The van der Waals surface area contributed by atoms with E-state index in [1.54, 1.807) is 24.3 Å². The van der Waals surface area contributed by atoms with E-state index in [-0.39, 0.29) is 11.5 Å². The standard InChI is InChI=1S/C24H26N2O7/c1-30-18-12-15(13-19(31-2)21(18)32-3)22(28)33-14-20(27)26-17-9-5-4-8-16(17)25-23(29)24(26)10-6-7-11-24/h4-5,8-9,12-13H,6-7,10-11,14H2,1-3H3,(H,25,29). The number of amides is 2. The third kappa shape index (κ3) is 3.83. The molecular weight excluding hydrogens is 428 g/mol. The van der Waals surface area contributed by atoms with Crippen LogP contribution in [0, 0.1) is 0 Å². The smallest absolute Gasteiger partial charge is 0.338 e. The molecule has 1 aliphatic carbocycles. The fraction of sp³-hybridized carbons (Fsp3) is 0.375. The molecule has 1 fully saturated rings. The van der Waals surface area contributed by atoms with E-state index in [0.29, 0.717) is 41.5 Å². The molecule has 33 heavy (non-hydrogen) atoms. The van der Waals surface area contributed by atoms with Gasteiger partial charge in [-0.25, -0.2) is 4.79 Å². The Labute approximate surface area is 191 Å². The number of benzene rings is 2. The molecule has 1 aliphatic heterocycles. The van der Waals surface area contributed by atoms with Gasteiger partial charge in [-0.3, -0.25) is 14.5 Å². The van der Waals surface area contributed by atoms with Gasteiger partial charge in [0.25, 0.3) is 11.8 Å². The van der Waals surface area contributed by atoms with Crippen molar-refractivity contribution in [1.82, 2.24) is 0 Å². The highest BCUT2D eigenvalue weighted by Gasteiger charge is 2.52. The second-order valence-electron chi connectivity index (χ2n) is 7.93. The molecular formula is C24H26N2O7. The lowest BCUT2D eigenvalue weighted by molar-refractivity contribution is -0.129. The summed E-state index contributed by atoms with van der Waals surface area (Å²) < 4.78 is 21.2. The maximum Gasteiger partial charge on any atom is 0.338 e. The number of anilines is 2. The first kappa shape index (κ1) is 22.4. The fourth-order valence-electron chi connectivity index (χ4n) is 4.60. The number of carbonyl (C=O) groups is 3. The average Bonchev–Trinajstić information content (AvgIpc) is 3.32. The Balaban J connectivity index is 1.58. The molecule has 0 saturated heterocycles. The number of ether oxygens (including phenoxy) is 4. The predicted molar refractivity (Wildman–Crippen MR) is 120 cm³/mol. The number of rotatable bonds is 6. The molecule has 0 radical (unpaired) electrons. The molecule has 0 atom stereocenters. The summed E-state index contributed by atoms with van der Waals surface area (Å²) in [4.78, 5) is 40.6. The van der Waals surface area contributed by atoms with Gasteiger partial charge in [0, 0.05) is 0 Å². The van der Waals surface area contributed by atoms with Gasteiger partial charge >= 0.3 is 5.97 Å². The van der Waals surface area contributed by atoms with Crippen LogP contribution in [0.2, 0.25) is 0 Å². The van der Waals surface area contributed by atoms with Gasteiger partial charge in [-0.1, -0.05) is 25.0 Å². The molecule has 1 spiro atoms. The quantitative estimate of drug-likeness (QED) is 0.669. The van der Waals surface area contributed by atoms with Gasteiger partial charge in [0.1, 0.15) is 5.54 Å². The minimum atomic E-state index is -0.968. The molecule has 1 saturated carbocycles. The highest BCUT2D eigenvalue weighted by Crippen LogP contribution is 2.45. The van der Waals surface area contributed by atoms with E-state index in [4.69, 9.17) is 18.9 Å². The van der Waals surface area contributed by atoms with E-state index in [1.807, 2.05) is 0 Å². The third-order valence-corrected chi connectivity index (χ3v) is 6.15. The highest BCUT2D eigenvalue weighted by atomic mass is 16.5. The fourth-order valence-corrected chi connectivity index (χ4v) is 4.60. The Morgan fingerprint density at radius 2 is 1.64 bits per heavy atom. The first-order valence-electron chi connectivity index (χ1n) is 10.7. The molecule has 2 aromatic carbocycles. The second kappa shape index (κ2) is 9.01. The summed E-state index contributed by atoms with van der Waals surface area (Å²) in [5, 5.41) is 2.92. The van der Waals surface area contributed by atoms with Gasteiger partial charge in [0.2, 0.25) is 5.75 Å². The zero-order chi connectivity index (χ0) is 23.6. The average molecular weight is 454 g/mol. The summed E-state index contributed by atoms with van der Waals surface area (Å²) in [6.45, 7) is -0.515. The maximum atomic E-state index is 13.3. The molecule has 1 N–H and O–H groups in total. The summed E-state index contributed by atoms with van der Waals surface area (Å²) in [6, 6.07) is 10.0. The van der Waals surface area contributed by atoms with Crippen molar-refractivity contribution in [2.45, 2.75) is 31.2 Å². The van der Waals surface area contributed by atoms with Crippen LogP contribution in [0.15, 0.2) is 36.4 Å². The van der Waals surface area contributed by atoms with E-state index < -0.39 is 24.0 Å². The van der Waals surface area contributed by atoms with E-state index in [1.165, 1.54) is 38.4 Å². The number of hydrogen-bond donors (Lipinski definition) is 1. The van der Waals surface area contributed by atoms with Gasteiger partial charge in [-0.05, 0) is 37.1 Å². The van der Waals surface area contributed by atoms with Crippen molar-refractivity contribution in [2.75, 3.05) is 38.2 Å². The number of fused-ring (bicyclic) bond motifs is 1. The number of methoxy groups -OCH3 is 3. The molecule has 174 valence electrons. The van der Waals surface area contributed by atoms with Crippen molar-refractivity contribution < 1.29 is 33.3 Å². The van der Waals surface area contributed by atoms with Crippen LogP contribution < -0.4 is 24.4 Å². The minimum absolute atomic E-state index is 0.143. The van der Waals surface area contributed by atoms with Crippen LogP contribution >= 0.6 is 0 Å². The molecule has 2 amide bonds. The molecule has 2 aromatic rings. The molecule has 4 rings (SSSR count). The van der Waals surface area contributed by atoms with Crippen molar-refractivity contribution in [3.63, 3.8) is 0 Å². The Morgan fingerprint density at radius 3 is 2.24 bits per heavy atom. The second-order valence-corrected chi connectivity index (χ2v) is 7.93. The van der Waals surface area contributed by atoms with Crippen LogP contribution in [-0.4, -0.2) is 51.3 Å². The first-order chi connectivity index (χ1) is 15.9. The normalized spacial score (nSPS) is 16.1. The van der Waals surface area contributed by atoms with Crippen LogP contribution in [0.5, 0.6) is 17.2 Å². The summed E-state index contributed by atoms with van der Waals surface area (Å²) in [7, 11) is 4.34. The number of hydrogen-bond acceptors (Lipinski definition) is 7. The van der Waals surface area contributed by atoms with Gasteiger partial charge in [-0.15, -0.1) is 0 Å². The van der Waals surface area contributed by atoms with Gasteiger partial charge in [0.05, 0.1) is 38.3 Å². The molecule has 9 nitrogen and oxygen atoms in total. The molecule has 9 heteroatoms. The summed E-state index contributed by atoms with van der Waals surface area (Å²) >= 11 is 0. The molecule has 0 bridgehead atoms. The van der Waals surface area contributed by atoms with Crippen LogP contribution in [0.4, 0.5) is 11.4 Å². The molecule has 0 unspecified atom stereocenters. The lowest BCUT2D eigenvalue weighted by Gasteiger charge is -2.44. The predicted octanol–water partition coefficient (Wildman–Crippen LogP) is 3.17. The number of para-hydroxylation sites is 2. The largest absolute Gasteiger partial charge is 0.493 e. The van der Waals surface area contributed by atoms with Crippen molar-refractivity contribution >= 4 is 29.2 Å². The first-order valence-corrected chi connectivity index (χ1v) is 10.7. The van der Waals surface area contributed by atoms with Crippen LogP contribution in [0.3, 0.4) is 0 Å². The van der Waals surface area contributed by atoms with Crippen LogP contribution in [-0.2, 0) is 14.3 Å². The Kier molecular flexibility index (Phi) is 6.13. The number of carbonyl (C=O) groups excluding carboxylic acids is 3. The summed E-state index contributed by atoms with van der Waals surface area (Å²) in [5.74, 6) is -0.462. The van der Waals surface area contributed by atoms with Crippen molar-refractivity contribution in [3.05, 3.63) is 42.0 Å². The lowest BCUT2D eigenvalue weighted by atomic mass is 9.90. The number of nitrogens with zero attached hydrogens (tertiary/aromatic N) is 1. The summed E-state index contributed by atoms with van der Waals surface area (Å²) in [6.07, 6.45) is 2.79. The van der Waals surface area contributed by atoms with Gasteiger partial charge in [-0.2, -0.15) is 0 Å². The SMILES string of the molecule is COc1cc(C(=O)OCC(=O)N2c3ccccc3NC(=O)C23CCCC3)cc(OC)c1OC. The lowest BCUT2D eigenvalue weighted by Crippen LogP contribution is -2.61. The Morgan fingerprint density at radius 1 is 1.00 bits per heavy atom. The van der Waals surface area contributed by atoms with Gasteiger partial charge in [0.15, 0.2) is 18.1 Å². The van der Waals surface area contributed by atoms with Crippen molar-refractivity contribution in [1.29, 1.82) is 0 Å². The zero-order valence-corrected chi connectivity index (χ0v) is 18.8. The summed E-state index contributed by atoms with van der Waals surface area (Å²) in [5.41, 5.74) is 0.339. The maximum absolute atomic E-state index is 13.3. The third-order valence-electron chi connectivity index (χ3n) is 6.15. The van der Waals surface area contributed by atoms with Crippen LogP contribution in [0.1, 0.15) is 36.0 Å². The minimum Gasteiger partial charge on any atom is -0.493 e. The van der Waals surface area contributed by atoms with E-state index in [9.17, 15) is 14.4 Å². The van der Waals surface area contributed by atoms with Gasteiger partial charge < -0.3 is 24.3 Å². The Bertz CT molecular complexity index is 1070. The number of esters is 1. The zero-order valence-electron chi connectivity index (χ0n) is 18.8. The topological polar surface area (TPSA) is 103 Å². The highest BCUT2D eigenvalue weighted by molar-refractivity contribution is 6.15. The monoisotopic (exact) mass is 454 g/mol. The molecule has 2 aliphatic rings. The van der Waals surface area contributed by atoms with E-state index in [2.05, 4.69) is 5.32 Å².